The number of benzene rings is 1. The van der Waals surface area contributed by atoms with Crippen LogP contribution in [0.1, 0.15) is 5.56 Å². The molecule has 8 heteroatoms. The molecule has 1 aromatic heterocycles. The second kappa shape index (κ2) is 5.15. The number of hydrogen-bond donors (Lipinski definition) is 1. The summed E-state index contributed by atoms with van der Waals surface area (Å²) in [6.07, 6.45) is 0.988. The van der Waals surface area contributed by atoms with Crippen LogP contribution in [-0.2, 0) is 0 Å². The van der Waals surface area contributed by atoms with E-state index < -0.39 is 10.7 Å². The van der Waals surface area contributed by atoms with Crippen LogP contribution in [0.5, 0.6) is 0 Å². The zero-order chi connectivity index (χ0) is 14.0. The van der Waals surface area contributed by atoms with Crippen LogP contribution in [0.4, 0.5) is 21.6 Å². The lowest BCUT2D eigenvalue weighted by atomic mass is 10.2. The van der Waals surface area contributed by atoms with E-state index in [0.717, 1.165) is 6.20 Å². The fourth-order valence-corrected chi connectivity index (χ4v) is 1.52. The molecule has 0 amide bonds. The Labute approximate surface area is 112 Å². The van der Waals surface area contributed by atoms with Crippen molar-refractivity contribution in [3.63, 3.8) is 0 Å². The molecule has 0 fully saturated rings. The number of rotatable bonds is 3. The largest absolute Gasteiger partial charge is 0.334 e. The maximum Gasteiger partial charge on any atom is 0.329 e. The van der Waals surface area contributed by atoms with Crippen molar-refractivity contribution in [3.05, 3.63) is 51.2 Å². The van der Waals surface area contributed by atoms with E-state index in [1.165, 1.54) is 6.07 Å². The highest BCUT2D eigenvalue weighted by atomic mass is 35.5. The molecular formula is C11H8ClFN4O2. The van der Waals surface area contributed by atoms with Gasteiger partial charge in [-0.1, -0.05) is 6.07 Å². The van der Waals surface area contributed by atoms with Gasteiger partial charge in [0.05, 0.1) is 4.92 Å². The van der Waals surface area contributed by atoms with E-state index in [9.17, 15) is 14.5 Å². The molecule has 0 saturated heterocycles. The van der Waals surface area contributed by atoms with E-state index in [1.807, 2.05) is 0 Å². The van der Waals surface area contributed by atoms with E-state index in [0.29, 0.717) is 11.3 Å². The first kappa shape index (κ1) is 13.2. The quantitative estimate of drug-likeness (QED) is 0.531. The van der Waals surface area contributed by atoms with Gasteiger partial charge in [-0.05, 0) is 36.2 Å². The Balaban J connectivity index is 2.39. The van der Waals surface area contributed by atoms with Crippen molar-refractivity contribution in [2.24, 2.45) is 0 Å². The molecule has 1 aromatic carbocycles. The molecule has 19 heavy (non-hydrogen) atoms. The van der Waals surface area contributed by atoms with E-state index in [2.05, 4.69) is 15.3 Å². The Morgan fingerprint density at radius 3 is 2.84 bits per heavy atom. The molecule has 0 aliphatic carbocycles. The molecule has 6 nitrogen and oxygen atoms in total. The number of anilines is 2. The van der Waals surface area contributed by atoms with Crippen molar-refractivity contribution in [1.29, 1.82) is 0 Å². The zero-order valence-electron chi connectivity index (χ0n) is 9.72. The lowest BCUT2D eigenvalue weighted by Crippen LogP contribution is -2.01. The summed E-state index contributed by atoms with van der Waals surface area (Å²) in [5, 5.41) is 13.3. The van der Waals surface area contributed by atoms with Gasteiger partial charge in [-0.2, -0.15) is 4.98 Å². The van der Waals surface area contributed by atoms with E-state index >= 15 is 0 Å². The fraction of sp³-hybridized carbons (Fsp3) is 0.0909. The Bertz CT molecular complexity index is 651. The highest BCUT2D eigenvalue weighted by molar-refractivity contribution is 6.28. The molecule has 1 N–H and O–H groups in total. The zero-order valence-corrected chi connectivity index (χ0v) is 10.5. The predicted octanol–water partition coefficient (Wildman–Crippen LogP) is 3.23. The van der Waals surface area contributed by atoms with Crippen LogP contribution in [0.15, 0.2) is 24.4 Å². The number of halogens is 2. The normalized spacial score (nSPS) is 10.3. The van der Waals surface area contributed by atoms with Crippen LogP contribution < -0.4 is 5.32 Å². The lowest BCUT2D eigenvalue weighted by molar-refractivity contribution is -0.384. The molecule has 0 spiro atoms. The van der Waals surface area contributed by atoms with E-state index in [4.69, 9.17) is 11.6 Å². The maximum atomic E-state index is 13.4. The summed E-state index contributed by atoms with van der Waals surface area (Å²) in [4.78, 5) is 17.4. The summed E-state index contributed by atoms with van der Waals surface area (Å²) in [6, 6.07) is 4.35. The third kappa shape index (κ3) is 2.94. The first-order chi connectivity index (χ1) is 8.97. The molecule has 0 bridgehead atoms. The molecule has 0 atom stereocenters. The van der Waals surface area contributed by atoms with E-state index in [1.54, 1.807) is 19.1 Å². The number of aryl methyl sites for hydroxylation is 1. The second-order valence-corrected chi connectivity index (χ2v) is 4.06. The molecule has 0 aliphatic heterocycles. The van der Waals surface area contributed by atoms with Crippen molar-refractivity contribution in [2.75, 3.05) is 5.32 Å². The minimum absolute atomic E-state index is 0.0896. The molecule has 0 aliphatic rings. The van der Waals surface area contributed by atoms with Crippen LogP contribution in [-0.4, -0.2) is 14.9 Å². The van der Waals surface area contributed by atoms with Crippen LogP contribution in [0, 0.1) is 22.9 Å². The number of hydrogen-bond acceptors (Lipinski definition) is 5. The fourth-order valence-electron chi connectivity index (χ4n) is 1.39. The summed E-state index contributed by atoms with van der Waals surface area (Å²) in [7, 11) is 0. The van der Waals surface area contributed by atoms with Crippen LogP contribution in [0.25, 0.3) is 0 Å². The molecule has 2 aromatic rings. The summed E-state index contributed by atoms with van der Waals surface area (Å²) in [5.74, 6) is -0.513. The van der Waals surface area contributed by atoms with Gasteiger partial charge in [-0.25, -0.2) is 9.37 Å². The minimum Gasteiger partial charge on any atom is -0.334 e. The lowest BCUT2D eigenvalue weighted by Gasteiger charge is -2.07. The summed E-state index contributed by atoms with van der Waals surface area (Å²) < 4.78 is 13.4. The smallest absolute Gasteiger partial charge is 0.329 e. The first-order valence-electron chi connectivity index (χ1n) is 5.17. The molecule has 0 radical (unpaired) electrons. The predicted molar refractivity (Wildman–Crippen MR) is 68.1 cm³/mol. The Hall–Kier alpha value is -2.28. The van der Waals surface area contributed by atoms with Crippen molar-refractivity contribution >= 4 is 28.8 Å². The minimum atomic E-state index is -0.650. The van der Waals surface area contributed by atoms with Gasteiger partial charge in [0.2, 0.25) is 11.1 Å². The average Bonchev–Trinajstić information content (AvgIpc) is 2.33. The monoisotopic (exact) mass is 282 g/mol. The van der Waals surface area contributed by atoms with Crippen molar-refractivity contribution in [3.8, 4) is 0 Å². The second-order valence-electron chi connectivity index (χ2n) is 3.72. The van der Waals surface area contributed by atoms with Crippen LogP contribution >= 0.6 is 11.6 Å². The maximum absolute atomic E-state index is 13.4. The Kier molecular flexibility index (Phi) is 3.57. The van der Waals surface area contributed by atoms with Gasteiger partial charge in [-0.15, -0.1) is 0 Å². The third-order valence-electron chi connectivity index (χ3n) is 2.37. The number of aromatic nitrogens is 2. The first-order valence-corrected chi connectivity index (χ1v) is 5.55. The SMILES string of the molecule is Cc1ccc(Nc2nc(Cl)ncc2[N+](=O)[O-])cc1F. The standard InChI is InChI=1S/C11H8ClFN4O2/c1-6-2-3-7(4-8(6)13)15-10-9(17(18)19)5-14-11(12)16-10/h2-5H,1H3,(H,14,15,16). The van der Waals surface area contributed by atoms with Crippen LogP contribution in [0.2, 0.25) is 5.28 Å². The van der Waals surface area contributed by atoms with Gasteiger partial charge >= 0.3 is 5.69 Å². The van der Waals surface area contributed by atoms with Gasteiger partial charge in [0.25, 0.3) is 0 Å². The third-order valence-corrected chi connectivity index (χ3v) is 2.55. The Morgan fingerprint density at radius 1 is 1.47 bits per heavy atom. The van der Waals surface area contributed by atoms with Gasteiger partial charge in [0.15, 0.2) is 0 Å². The van der Waals surface area contributed by atoms with Gasteiger partial charge < -0.3 is 5.32 Å². The van der Waals surface area contributed by atoms with E-state index in [-0.39, 0.29) is 16.8 Å². The number of nitrogens with one attached hydrogen (secondary N) is 1. The van der Waals surface area contributed by atoms with Crippen LogP contribution in [0.3, 0.4) is 0 Å². The molecule has 0 saturated carbocycles. The molecule has 0 unspecified atom stereocenters. The molecule has 1 heterocycles. The average molecular weight is 283 g/mol. The number of nitrogens with zero attached hydrogens (tertiary/aromatic N) is 3. The van der Waals surface area contributed by atoms with Crippen molar-refractivity contribution in [2.45, 2.75) is 6.92 Å². The molecule has 2 rings (SSSR count). The molecule has 98 valence electrons. The van der Waals surface area contributed by atoms with Crippen molar-refractivity contribution < 1.29 is 9.31 Å². The van der Waals surface area contributed by atoms with Gasteiger partial charge in [-0.3, -0.25) is 10.1 Å². The number of nitro groups is 1. The van der Waals surface area contributed by atoms with Gasteiger partial charge in [0.1, 0.15) is 12.0 Å². The van der Waals surface area contributed by atoms with Gasteiger partial charge in [0, 0.05) is 5.69 Å². The highest BCUT2D eigenvalue weighted by Gasteiger charge is 2.17. The molecular weight excluding hydrogens is 275 g/mol. The topological polar surface area (TPSA) is 81.0 Å². The highest BCUT2D eigenvalue weighted by Crippen LogP contribution is 2.26. The summed E-state index contributed by atoms with van der Waals surface area (Å²) >= 11 is 5.59. The Morgan fingerprint density at radius 2 is 2.21 bits per heavy atom. The van der Waals surface area contributed by atoms with Crippen molar-refractivity contribution in [1.82, 2.24) is 9.97 Å². The summed E-state index contributed by atoms with van der Waals surface area (Å²) in [5.41, 5.74) is 0.465. The summed E-state index contributed by atoms with van der Waals surface area (Å²) in [6.45, 7) is 1.61.